The number of piperazine rings is 2. The first-order chi connectivity index (χ1) is 46.0. The lowest BCUT2D eigenvalue weighted by molar-refractivity contribution is 0.0755. The Morgan fingerprint density at radius 3 is 1.32 bits per heavy atom. The van der Waals surface area contributed by atoms with Crippen LogP contribution in [-0.2, 0) is 53.4 Å². The molecule has 22 nitrogen and oxygen atoms in total. The number of carbonyl (C=O) groups is 4. The third-order valence-electron chi connectivity index (χ3n) is 16.6. The number of hydrogen-bond acceptors (Lipinski definition) is 18. The van der Waals surface area contributed by atoms with Gasteiger partial charge in [0.05, 0.1) is 50.6 Å². The number of fused-ring (bicyclic) bond motifs is 4. The summed E-state index contributed by atoms with van der Waals surface area (Å²) in [6.07, 6.45) is 1.58. The molecule has 8 aromatic rings. The lowest BCUT2D eigenvalue weighted by Crippen LogP contribution is -2.49. The van der Waals surface area contributed by atoms with E-state index >= 15 is 0 Å². The van der Waals surface area contributed by atoms with E-state index < -0.39 is 39.4 Å². The van der Waals surface area contributed by atoms with Gasteiger partial charge < -0.3 is 57.0 Å². The Balaban J connectivity index is 0.000000201. The van der Waals surface area contributed by atoms with Crippen molar-refractivity contribution in [1.29, 1.82) is 0 Å². The van der Waals surface area contributed by atoms with Crippen LogP contribution in [0.4, 0.5) is 18.4 Å². The normalized spacial score (nSPS) is 15.3. The minimum atomic E-state index is -3.30. The van der Waals surface area contributed by atoms with Gasteiger partial charge in [-0.05, 0) is 98.5 Å². The molecule has 95 heavy (non-hydrogen) atoms. The zero-order valence-corrected chi connectivity index (χ0v) is 54.9. The first kappa shape index (κ1) is 67.7. The van der Waals surface area contributed by atoms with Crippen LogP contribution in [0.2, 0.25) is 0 Å². The van der Waals surface area contributed by atoms with Crippen molar-refractivity contribution in [2.75, 3.05) is 91.4 Å². The number of aromatic hydroxyl groups is 1. The van der Waals surface area contributed by atoms with Crippen molar-refractivity contribution < 1.29 is 74.5 Å². The zero-order chi connectivity index (χ0) is 66.8. The van der Waals surface area contributed by atoms with Crippen LogP contribution in [0.5, 0.6) is 23.0 Å². The van der Waals surface area contributed by atoms with Crippen LogP contribution in [0.3, 0.4) is 0 Å². The van der Waals surface area contributed by atoms with Crippen molar-refractivity contribution in [1.82, 2.24) is 39.4 Å². The van der Waals surface area contributed by atoms with Crippen LogP contribution in [0.25, 0.3) is 21.8 Å². The van der Waals surface area contributed by atoms with E-state index in [0.717, 1.165) is 16.7 Å². The SMILES string of the molecule is CCOP(=O)(CN1CCN(C(=O)Oc2c3c(c(O)c4ncccc24)C(=O)N(Cc2ccc(F)cc2)C3)CC1)OCC.CCOP(=O)(CN1CCN(C(=O)Oc2c3c(c(OC(c4ccccc4)c4ccccc4)c4ncccc24)C(=O)N(Cc2ccc(F)cc2)C3)CC1)OCC. The predicted molar refractivity (Wildman–Crippen MR) is 350 cm³/mol. The van der Waals surface area contributed by atoms with Gasteiger partial charge >= 0.3 is 27.4 Å². The standard InChI is InChI=1S/C41H42FN4O7P.C28H32FN4O7P/c1-3-50-54(49,51-4-2)28-44-22-24-45(25-23-44)41(48)53-38-33-16-11-21-43-36(33)39(52-37(30-12-7-5-8-13-30)31-14-9-6-10-15-31)35-34(38)27-46(40(35)47)26-29-17-19-32(42)20-18-29;1-3-38-41(37,39-4-2)18-31-12-14-32(15-13-31)28(36)40-26-21-6-5-11-30-24(21)25(34)23-22(26)17-33(27(23)35)16-19-7-9-20(29)10-8-19/h5-21,37H,3-4,22-28H2,1-2H3;5-11,34H,3-4,12-18H2,1-2H3. The largest absolute Gasteiger partial charge is 0.505 e. The number of halogens is 2. The Hall–Kier alpha value is -8.70. The third kappa shape index (κ3) is 15.5. The van der Waals surface area contributed by atoms with Crippen LogP contribution in [0, 0.1) is 11.6 Å². The van der Waals surface area contributed by atoms with E-state index in [-0.39, 0.29) is 122 Å². The molecule has 26 heteroatoms. The van der Waals surface area contributed by atoms with Crippen molar-refractivity contribution in [2.45, 2.75) is 60.0 Å². The average molecular weight is 1340 g/mol. The summed E-state index contributed by atoms with van der Waals surface area (Å²) >= 11 is 0. The second-order valence-corrected chi connectivity index (χ2v) is 26.9. The molecular weight excluding hydrogens is 1260 g/mol. The predicted octanol–water partition coefficient (Wildman–Crippen LogP) is 12.6. The van der Waals surface area contributed by atoms with Crippen molar-refractivity contribution in [3.05, 3.63) is 202 Å². The van der Waals surface area contributed by atoms with Crippen LogP contribution < -0.4 is 14.2 Å². The number of ether oxygens (including phenoxy) is 3. The number of aromatic nitrogens is 2. The smallest absolute Gasteiger partial charge is 0.415 e. The lowest BCUT2D eigenvalue weighted by atomic mass is 9.99. The number of pyridine rings is 2. The van der Waals surface area contributed by atoms with Gasteiger partial charge in [0.2, 0.25) is 0 Å². The molecule has 12 rings (SSSR count). The third-order valence-corrected chi connectivity index (χ3v) is 20.7. The monoisotopic (exact) mass is 1340 g/mol. The maximum absolute atomic E-state index is 14.5. The lowest BCUT2D eigenvalue weighted by Gasteiger charge is -2.35. The molecule has 6 heterocycles. The molecule has 0 saturated carbocycles. The van der Waals surface area contributed by atoms with Crippen LogP contribution >= 0.6 is 15.2 Å². The van der Waals surface area contributed by atoms with Gasteiger partial charge in [-0.15, -0.1) is 0 Å². The number of carbonyl (C=O) groups excluding carboxylic acids is 4. The maximum Gasteiger partial charge on any atom is 0.415 e. The number of benzene rings is 6. The van der Waals surface area contributed by atoms with E-state index in [4.69, 9.17) is 37.3 Å². The van der Waals surface area contributed by atoms with Gasteiger partial charge in [0, 0.05) is 99.7 Å². The minimum absolute atomic E-state index is 0.0357. The number of nitrogens with zero attached hydrogens (tertiary/aromatic N) is 8. The summed E-state index contributed by atoms with van der Waals surface area (Å²) in [6.45, 7) is 11.8. The van der Waals surface area contributed by atoms with Gasteiger partial charge in [-0.3, -0.25) is 38.5 Å². The Morgan fingerprint density at radius 2 is 0.895 bits per heavy atom. The Labute approximate surface area is 548 Å². The van der Waals surface area contributed by atoms with Gasteiger partial charge in [-0.25, -0.2) is 18.4 Å². The van der Waals surface area contributed by atoms with Crippen molar-refractivity contribution in [2.24, 2.45) is 0 Å². The number of phenols is 1. The average Bonchev–Trinajstić information content (AvgIpc) is 1.65. The summed E-state index contributed by atoms with van der Waals surface area (Å²) in [5.41, 5.74) is 4.92. The molecule has 0 aliphatic carbocycles. The number of hydrogen-bond donors (Lipinski definition) is 1. The molecule has 2 saturated heterocycles. The van der Waals surface area contributed by atoms with Gasteiger partial charge in [0.25, 0.3) is 11.8 Å². The Bertz CT molecular complexity index is 4110. The molecule has 0 spiro atoms. The highest BCUT2D eigenvalue weighted by Crippen LogP contribution is 2.51. The van der Waals surface area contributed by atoms with Gasteiger partial charge in [0.15, 0.2) is 11.5 Å². The maximum atomic E-state index is 14.5. The van der Waals surface area contributed by atoms with Crippen molar-refractivity contribution >= 4 is 61.0 Å². The molecule has 0 radical (unpaired) electrons. The molecular formula is C69H74F2N8O14P2. The minimum Gasteiger partial charge on any atom is -0.505 e. The molecule has 4 aliphatic rings. The highest BCUT2D eigenvalue weighted by atomic mass is 31.2. The first-order valence-corrected chi connectivity index (χ1v) is 35.0. The summed E-state index contributed by atoms with van der Waals surface area (Å²) in [4.78, 5) is 74.3. The molecule has 6 aromatic carbocycles. The molecule has 498 valence electrons. The summed E-state index contributed by atoms with van der Waals surface area (Å²) < 4.78 is 94.1. The highest BCUT2D eigenvalue weighted by Gasteiger charge is 2.41. The second kappa shape index (κ2) is 30.4. The second-order valence-electron chi connectivity index (χ2n) is 22.9. The summed E-state index contributed by atoms with van der Waals surface area (Å²) in [7, 11) is -6.56. The van der Waals surface area contributed by atoms with Gasteiger partial charge in [-0.2, -0.15) is 0 Å². The molecule has 1 N–H and O–H groups in total. The van der Waals surface area contributed by atoms with Crippen LogP contribution in [0.1, 0.15) is 87.9 Å². The highest BCUT2D eigenvalue weighted by molar-refractivity contribution is 7.54. The van der Waals surface area contributed by atoms with E-state index in [0.29, 0.717) is 85.3 Å². The summed E-state index contributed by atoms with van der Waals surface area (Å²) in [5.74, 6) is -1.11. The first-order valence-electron chi connectivity index (χ1n) is 31.5. The molecule has 0 bridgehead atoms. The molecule has 0 atom stereocenters. The number of amides is 4. The summed E-state index contributed by atoms with van der Waals surface area (Å²) in [6, 6.07) is 38.2. The molecule has 4 amide bonds. The van der Waals surface area contributed by atoms with E-state index in [9.17, 15) is 42.2 Å². The van der Waals surface area contributed by atoms with E-state index in [1.165, 1.54) is 40.3 Å². The Kier molecular flexibility index (Phi) is 21.6. The molecule has 2 fully saturated rings. The van der Waals surface area contributed by atoms with Crippen LogP contribution in [0.15, 0.2) is 146 Å². The quantitative estimate of drug-likeness (QED) is 0.0621. The Morgan fingerprint density at radius 1 is 0.505 bits per heavy atom. The fourth-order valence-corrected chi connectivity index (χ4v) is 15.7. The van der Waals surface area contributed by atoms with Crippen LogP contribution in [-0.4, -0.2) is 160 Å². The topological polar surface area (TPSA) is 232 Å². The van der Waals surface area contributed by atoms with E-state index in [1.807, 2.05) is 76.5 Å². The molecule has 2 aromatic heterocycles. The fourth-order valence-electron chi connectivity index (χ4n) is 12.1. The van der Waals surface area contributed by atoms with Gasteiger partial charge in [-0.1, -0.05) is 84.9 Å². The molecule has 0 unspecified atom stereocenters. The van der Waals surface area contributed by atoms with Gasteiger partial charge in [0.1, 0.15) is 52.8 Å². The number of phenolic OH excluding ortho intramolecular Hbond substituents is 1. The van der Waals surface area contributed by atoms with E-state index in [2.05, 4.69) is 4.98 Å². The van der Waals surface area contributed by atoms with Crippen molar-refractivity contribution in [3.63, 3.8) is 0 Å². The summed E-state index contributed by atoms with van der Waals surface area (Å²) in [5, 5.41) is 11.9. The van der Waals surface area contributed by atoms with Crippen molar-refractivity contribution in [3.8, 4) is 23.0 Å². The van der Waals surface area contributed by atoms with E-state index in [1.54, 1.807) is 86.2 Å². The fraction of sp³-hybridized carbons (Fsp3) is 0.333. The zero-order valence-electron chi connectivity index (χ0n) is 53.1. The number of rotatable bonds is 22. The molecule has 4 aliphatic heterocycles.